The zero-order valence-corrected chi connectivity index (χ0v) is 25.9. The number of hydrogen-bond acceptors (Lipinski definition) is 12. The van der Waals surface area contributed by atoms with E-state index >= 15 is 0 Å². The van der Waals surface area contributed by atoms with E-state index in [4.69, 9.17) is 19.6 Å². The number of rotatable bonds is 12. The van der Waals surface area contributed by atoms with Crippen molar-refractivity contribution in [2.75, 3.05) is 6.54 Å². The number of carboxylic acids is 1. The molecular weight excluding hydrogens is 630 g/mol. The maximum absolute atomic E-state index is 13.5. The molecule has 15 heteroatoms. The molecular formula is C33H37N3O12. The summed E-state index contributed by atoms with van der Waals surface area (Å²) in [5, 5.41) is 66.6. The van der Waals surface area contributed by atoms with E-state index in [1.165, 1.54) is 36.4 Å². The van der Waals surface area contributed by atoms with Gasteiger partial charge in [0, 0.05) is 25.0 Å². The summed E-state index contributed by atoms with van der Waals surface area (Å²) in [6.07, 6.45) is -6.42. The van der Waals surface area contributed by atoms with Crippen LogP contribution in [0.4, 0.5) is 0 Å². The number of primary amides is 1. The largest absolute Gasteiger partial charge is 0.508 e. The van der Waals surface area contributed by atoms with E-state index in [9.17, 15) is 45.0 Å². The van der Waals surface area contributed by atoms with Crippen LogP contribution in [0.1, 0.15) is 30.0 Å². The number of aliphatic hydroxyl groups is 4. The van der Waals surface area contributed by atoms with E-state index in [0.717, 1.165) is 11.6 Å². The van der Waals surface area contributed by atoms with Crippen molar-refractivity contribution in [2.45, 2.75) is 56.7 Å². The molecule has 15 nitrogen and oxygen atoms in total. The van der Waals surface area contributed by atoms with Gasteiger partial charge in [0.05, 0.1) is 10.9 Å². The van der Waals surface area contributed by atoms with Crippen LogP contribution in [0.25, 0.3) is 22.1 Å². The SMILES string of the molecule is CC(C)[C@H](CN[C@H](O)[C@]1(O)[C@H](Oc2ccc3c(=O)c(-c4ccc(O)cc4)c(C(N)=O)oc3c2)O[C@H](C(=O)O)[C@@H](O)[C@@H]1O)Cc1cc[nH]c1. The summed E-state index contributed by atoms with van der Waals surface area (Å²) in [6.45, 7) is 4.08. The normalized spacial score (nSPS) is 24.0. The average Bonchev–Trinajstić information content (AvgIpc) is 3.56. The number of nitrogens with one attached hydrogen (secondary N) is 2. The number of amides is 1. The molecule has 0 unspecified atom stereocenters. The highest BCUT2D eigenvalue weighted by Crippen LogP contribution is 2.36. The zero-order valence-electron chi connectivity index (χ0n) is 25.9. The lowest BCUT2D eigenvalue weighted by molar-refractivity contribution is -0.338. The Labute approximate surface area is 273 Å². The van der Waals surface area contributed by atoms with Crippen LogP contribution in [-0.2, 0) is 16.0 Å². The summed E-state index contributed by atoms with van der Waals surface area (Å²) < 4.78 is 16.9. The van der Waals surface area contributed by atoms with Crippen LogP contribution >= 0.6 is 0 Å². The molecule has 0 radical (unpaired) electrons. The first-order chi connectivity index (χ1) is 22.7. The van der Waals surface area contributed by atoms with Crippen molar-refractivity contribution in [3.63, 3.8) is 0 Å². The maximum Gasteiger partial charge on any atom is 0.335 e. The van der Waals surface area contributed by atoms with Crippen LogP contribution in [0.3, 0.4) is 0 Å². The molecule has 48 heavy (non-hydrogen) atoms. The summed E-state index contributed by atoms with van der Waals surface area (Å²) in [5.74, 6) is -3.47. The molecule has 2 aromatic carbocycles. The minimum atomic E-state index is -2.84. The van der Waals surface area contributed by atoms with Gasteiger partial charge in [-0.2, -0.15) is 0 Å². The third kappa shape index (κ3) is 6.64. The van der Waals surface area contributed by atoms with Gasteiger partial charge in [0.25, 0.3) is 5.91 Å². The number of phenolic OH excluding ortho intramolecular Hbond substituents is 1. The Morgan fingerprint density at radius 2 is 1.83 bits per heavy atom. The number of aliphatic hydroxyl groups excluding tert-OH is 3. The summed E-state index contributed by atoms with van der Waals surface area (Å²) in [7, 11) is 0. The second-order valence-electron chi connectivity index (χ2n) is 12.1. The molecule has 0 bridgehead atoms. The van der Waals surface area contributed by atoms with E-state index in [0.29, 0.717) is 6.42 Å². The number of H-pyrrole nitrogens is 1. The fraction of sp³-hybridized carbons (Fsp3) is 0.364. The summed E-state index contributed by atoms with van der Waals surface area (Å²) in [4.78, 5) is 40.7. The van der Waals surface area contributed by atoms with E-state index in [1.807, 2.05) is 26.1 Å². The number of aliphatic carboxylic acids is 1. The first-order valence-electron chi connectivity index (χ1n) is 15.1. The quantitative estimate of drug-likeness (QED) is 0.0942. The van der Waals surface area contributed by atoms with Crippen molar-refractivity contribution in [1.29, 1.82) is 0 Å². The van der Waals surface area contributed by atoms with Gasteiger partial charge in [-0.05, 0) is 59.7 Å². The number of fused-ring (bicyclic) bond motifs is 1. The first kappa shape index (κ1) is 34.6. The average molecular weight is 668 g/mol. The molecule has 1 amide bonds. The Morgan fingerprint density at radius 1 is 1.12 bits per heavy atom. The molecule has 5 rings (SSSR count). The van der Waals surface area contributed by atoms with Crippen molar-refractivity contribution >= 4 is 22.8 Å². The van der Waals surface area contributed by atoms with Gasteiger partial charge >= 0.3 is 5.97 Å². The number of nitrogens with two attached hydrogens (primary N) is 1. The van der Waals surface area contributed by atoms with E-state index in [1.54, 1.807) is 6.20 Å². The number of aromatic hydroxyl groups is 1. The molecule has 2 aromatic heterocycles. The third-order valence-corrected chi connectivity index (χ3v) is 8.60. The molecule has 10 N–H and O–H groups in total. The minimum absolute atomic E-state index is 0.0158. The molecule has 3 heterocycles. The number of carbonyl (C=O) groups is 2. The summed E-state index contributed by atoms with van der Waals surface area (Å²) in [6, 6.07) is 11.0. The van der Waals surface area contributed by atoms with Crippen molar-refractivity contribution in [1.82, 2.24) is 10.3 Å². The smallest absolute Gasteiger partial charge is 0.335 e. The van der Waals surface area contributed by atoms with Gasteiger partial charge < -0.3 is 55.2 Å². The fourth-order valence-corrected chi connectivity index (χ4v) is 5.71. The van der Waals surface area contributed by atoms with E-state index in [2.05, 4.69) is 10.3 Å². The molecule has 0 aliphatic carbocycles. The molecule has 4 aromatic rings. The standard InChI is InChI=1S/C33H37N3O12/c1-15(2)18(11-16-9-10-35-13-16)14-36-31(44)33(45)28(40)25(39)27(30(42)43)48-32(33)46-20-7-8-21-22(12-20)47-26(29(34)41)23(24(21)38)17-3-5-19(37)6-4-17/h3-10,12-13,15,18,25,27-28,31-32,35-37,39-40,44-45H,11,14H2,1-2H3,(H2,34,41)(H,42,43)/t18-,25+,27-,28-,31+,32+,33-/m0/s1. The Kier molecular flexibility index (Phi) is 9.91. The monoisotopic (exact) mass is 667 g/mol. The van der Waals surface area contributed by atoms with E-state index < -0.39 is 59.5 Å². The Balaban J connectivity index is 1.48. The van der Waals surface area contributed by atoms with Crippen LogP contribution in [-0.4, -0.2) is 90.5 Å². The van der Waals surface area contributed by atoms with Crippen molar-refractivity contribution in [3.8, 4) is 22.6 Å². The fourth-order valence-electron chi connectivity index (χ4n) is 5.71. The number of aromatic nitrogens is 1. The van der Waals surface area contributed by atoms with Crippen molar-refractivity contribution in [2.24, 2.45) is 17.6 Å². The first-order valence-corrected chi connectivity index (χ1v) is 15.1. The van der Waals surface area contributed by atoms with Gasteiger partial charge in [-0.25, -0.2) is 4.79 Å². The second kappa shape index (κ2) is 13.8. The minimum Gasteiger partial charge on any atom is -0.508 e. The van der Waals surface area contributed by atoms with Crippen LogP contribution in [0.15, 0.2) is 70.1 Å². The molecule has 1 aliphatic rings. The molecule has 0 saturated carbocycles. The molecule has 0 spiro atoms. The van der Waals surface area contributed by atoms with Crippen LogP contribution in [0.5, 0.6) is 11.5 Å². The molecule has 1 saturated heterocycles. The number of carbonyl (C=O) groups excluding carboxylic acids is 1. The second-order valence-corrected chi connectivity index (χ2v) is 12.1. The lowest BCUT2D eigenvalue weighted by Gasteiger charge is -2.48. The third-order valence-electron chi connectivity index (χ3n) is 8.60. The van der Waals surface area contributed by atoms with Gasteiger partial charge in [-0.3, -0.25) is 14.9 Å². The molecule has 1 fully saturated rings. The predicted molar refractivity (Wildman–Crippen MR) is 169 cm³/mol. The maximum atomic E-state index is 13.5. The van der Waals surface area contributed by atoms with Crippen molar-refractivity contribution < 1.29 is 54.1 Å². The topological polar surface area (TPSA) is 258 Å². The van der Waals surface area contributed by atoms with Gasteiger partial charge in [-0.15, -0.1) is 0 Å². The molecule has 256 valence electrons. The van der Waals surface area contributed by atoms with Gasteiger partial charge in [0.2, 0.25) is 17.5 Å². The van der Waals surface area contributed by atoms with Gasteiger partial charge in [0.15, 0.2) is 11.7 Å². The number of carboxylic acid groups (broad SMARTS) is 1. The highest BCUT2D eigenvalue weighted by molar-refractivity contribution is 5.99. The zero-order chi connectivity index (χ0) is 34.9. The lowest BCUT2D eigenvalue weighted by atomic mass is 9.84. The van der Waals surface area contributed by atoms with Crippen LogP contribution in [0.2, 0.25) is 0 Å². The molecule has 1 aliphatic heterocycles. The number of hydrogen-bond donors (Lipinski definition) is 9. The number of aromatic amines is 1. The Hall–Kier alpha value is -4.77. The van der Waals surface area contributed by atoms with Crippen LogP contribution < -0.4 is 21.2 Å². The number of ether oxygens (including phenoxy) is 2. The predicted octanol–water partition coefficient (Wildman–Crippen LogP) is 0.657. The van der Waals surface area contributed by atoms with Crippen LogP contribution in [0, 0.1) is 11.8 Å². The highest BCUT2D eigenvalue weighted by atomic mass is 16.7. The number of phenols is 1. The molecule has 7 atom stereocenters. The summed E-state index contributed by atoms with van der Waals surface area (Å²) in [5.41, 5.74) is 2.96. The lowest BCUT2D eigenvalue weighted by Crippen LogP contribution is -2.75. The Bertz CT molecular complexity index is 1820. The number of benzene rings is 2. The van der Waals surface area contributed by atoms with E-state index in [-0.39, 0.29) is 52.0 Å². The van der Waals surface area contributed by atoms with Gasteiger partial charge in [0.1, 0.15) is 35.5 Å². The Morgan fingerprint density at radius 3 is 2.44 bits per heavy atom. The van der Waals surface area contributed by atoms with Gasteiger partial charge in [-0.1, -0.05) is 26.0 Å². The van der Waals surface area contributed by atoms with Crippen molar-refractivity contribution in [3.05, 3.63) is 82.5 Å². The summed E-state index contributed by atoms with van der Waals surface area (Å²) >= 11 is 0. The highest BCUT2D eigenvalue weighted by Gasteiger charge is 2.62.